The molecule has 12 heteroatoms. The number of nitrogens with zero attached hydrogens (tertiary/aromatic N) is 1. The lowest BCUT2D eigenvalue weighted by molar-refractivity contribution is -0.157. The number of carbonyl (C=O) groups is 4. The van der Waals surface area contributed by atoms with Gasteiger partial charge in [0.25, 0.3) is 0 Å². The standard InChI is InChI=1S/C25H29Cl2NO5.C8H10Cl2O2/c1-32-21-11-9-19(10-12-21)16-28(17-24(30)33-18-20-6-3-2-4-7-20)25(31)22(13-15-27)23(29)8-5-14-26;9-4-1-2-7-6(3-5-10)8(11)12-7/h2-4,6-7,9-12,22H,5,8,13-18H2,1H3;2,6H,1,3-5H2/b;7-2-. The van der Waals surface area contributed by atoms with Crippen molar-refractivity contribution in [1.29, 1.82) is 0 Å². The predicted octanol–water partition coefficient (Wildman–Crippen LogP) is 6.90. The molecule has 1 fully saturated rings. The zero-order valence-corrected chi connectivity index (χ0v) is 28.3. The summed E-state index contributed by atoms with van der Waals surface area (Å²) in [6.45, 7) is -0.0336. The molecule has 0 bridgehead atoms. The second-order valence-corrected chi connectivity index (χ2v) is 11.5. The third-order valence-electron chi connectivity index (χ3n) is 6.75. The van der Waals surface area contributed by atoms with Crippen molar-refractivity contribution < 1.29 is 33.4 Å². The van der Waals surface area contributed by atoms with Crippen molar-refractivity contribution in [1.82, 2.24) is 4.90 Å². The van der Waals surface area contributed by atoms with Crippen LogP contribution < -0.4 is 4.74 Å². The van der Waals surface area contributed by atoms with Crippen LogP contribution in [0.1, 0.15) is 43.2 Å². The van der Waals surface area contributed by atoms with Gasteiger partial charge in [0.2, 0.25) is 5.91 Å². The fourth-order valence-electron chi connectivity index (χ4n) is 4.34. The third kappa shape index (κ3) is 13.6. The van der Waals surface area contributed by atoms with E-state index in [1.54, 1.807) is 31.4 Å². The van der Waals surface area contributed by atoms with E-state index in [1.807, 2.05) is 36.4 Å². The van der Waals surface area contributed by atoms with Crippen LogP contribution in [0.4, 0.5) is 0 Å². The first-order chi connectivity index (χ1) is 21.8. The van der Waals surface area contributed by atoms with Gasteiger partial charge < -0.3 is 19.1 Å². The highest BCUT2D eigenvalue weighted by molar-refractivity contribution is 6.19. The molecule has 3 rings (SSSR count). The lowest BCUT2D eigenvalue weighted by Crippen LogP contribution is -2.42. The monoisotopic (exact) mass is 701 g/mol. The molecule has 2 aromatic rings. The van der Waals surface area contributed by atoms with Gasteiger partial charge in [-0.05, 0) is 55.0 Å². The SMILES string of the molecule is COc1ccc(CN(CC(=O)OCc2ccccc2)C(=O)C(CCCl)C(=O)CCCCl)cc1.O=C1O/C(=C\CCCl)C1CCCl. The molecule has 0 spiro atoms. The number of halogens is 4. The number of hydrogen-bond donors (Lipinski definition) is 0. The van der Waals surface area contributed by atoms with Gasteiger partial charge in [-0.15, -0.1) is 46.4 Å². The number of ether oxygens (including phenoxy) is 3. The zero-order chi connectivity index (χ0) is 33.0. The number of methoxy groups -OCH3 is 1. The summed E-state index contributed by atoms with van der Waals surface area (Å²) in [7, 11) is 1.57. The minimum absolute atomic E-state index is 0.101. The lowest BCUT2D eigenvalue weighted by atomic mass is 9.95. The number of hydrogen-bond acceptors (Lipinski definition) is 7. The Morgan fingerprint density at radius 3 is 2.22 bits per heavy atom. The molecule has 1 heterocycles. The van der Waals surface area contributed by atoms with Crippen LogP contribution >= 0.6 is 46.4 Å². The number of benzene rings is 2. The van der Waals surface area contributed by atoms with Crippen LogP contribution in [-0.2, 0) is 41.8 Å². The van der Waals surface area contributed by atoms with Crippen molar-refractivity contribution in [3.8, 4) is 5.75 Å². The minimum Gasteiger partial charge on any atom is -0.497 e. The van der Waals surface area contributed by atoms with Gasteiger partial charge in [0, 0.05) is 36.5 Å². The van der Waals surface area contributed by atoms with Crippen LogP contribution in [0.2, 0.25) is 0 Å². The number of esters is 2. The van der Waals surface area contributed by atoms with Crippen molar-refractivity contribution in [2.24, 2.45) is 11.8 Å². The Hall–Kier alpha value is -2.78. The largest absolute Gasteiger partial charge is 0.497 e. The number of rotatable bonds is 18. The maximum Gasteiger partial charge on any atom is 0.325 e. The number of alkyl halides is 4. The van der Waals surface area contributed by atoms with E-state index < -0.39 is 17.8 Å². The van der Waals surface area contributed by atoms with Gasteiger partial charge in [0.15, 0.2) is 0 Å². The van der Waals surface area contributed by atoms with Crippen LogP contribution in [0.5, 0.6) is 5.75 Å². The Labute approximate surface area is 284 Å². The summed E-state index contributed by atoms with van der Waals surface area (Å²) in [4.78, 5) is 50.8. The van der Waals surface area contributed by atoms with Gasteiger partial charge >= 0.3 is 11.9 Å². The van der Waals surface area contributed by atoms with Gasteiger partial charge in [-0.25, -0.2) is 0 Å². The predicted molar refractivity (Wildman–Crippen MR) is 177 cm³/mol. The van der Waals surface area contributed by atoms with Crippen LogP contribution in [-0.4, -0.2) is 65.7 Å². The summed E-state index contributed by atoms with van der Waals surface area (Å²) >= 11 is 22.6. The molecule has 0 saturated carbocycles. The second-order valence-electron chi connectivity index (χ2n) is 10.0. The number of ketones is 1. The Kier molecular flexibility index (Phi) is 18.7. The molecule has 0 aromatic heterocycles. The van der Waals surface area contributed by atoms with Gasteiger partial charge in [0.05, 0.1) is 13.0 Å². The van der Waals surface area contributed by atoms with E-state index >= 15 is 0 Å². The van der Waals surface area contributed by atoms with E-state index in [9.17, 15) is 19.2 Å². The number of carbonyl (C=O) groups excluding carboxylic acids is 4. The first kappa shape index (κ1) is 38.4. The molecule has 1 amide bonds. The Bertz CT molecular complexity index is 1240. The maximum absolute atomic E-state index is 13.4. The van der Waals surface area contributed by atoms with Crippen molar-refractivity contribution in [3.63, 3.8) is 0 Å². The first-order valence-corrected chi connectivity index (χ1v) is 16.7. The van der Waals surface area contributed by atoms with Crippen LogP contribution in [0.15, 0.2) is 66.4 Å². The molecule has 2 atom stereocenters. The summed E-state index contributed by atoms with van der Waals surface area (Å²) in [5, 5.41) is 0. The number of Topliss-reactive ketones (excluding diaryl/α,β-unsaturated/α-hetero) is 1. The molecule has 1 aliphatic heterocycles. The molecular weight excluding hydrogens is 664 g/mol. The Balaban J connectivity index is 0.000000490. The molecule has 1 aliphatic rings. The van der Waals surface area contributed by atoms with Crippen molar-refractivity contribution in [2.45, 2.75) is 45.3 Å². The number of cyclic esters (lactones) is 1. The van der Waals surface area contributed by atoms with Crippen LogP contribution in [0.25, 0.3) is 0 Å². The highest BCUT2D eigenvalue weighted by Crippen LogP contribution is 2.30. The average Bonchev–Trinajstić information content (AvgIpc) is 3.06. The summed E-state index contributed by atoms with van der Waals surface area (Å²) in [6, 6.07) is 16.4. The lowest BCUT2D eigenvalue weighted by Gasteiger charge is -2.27. The fraction of sp³-hybridized carbons (Fsp3) is 0.455. The van der Waals surface area contributed by atoms with E-state index in [2.05, 4.69) is 0 Å². The number of allylic oxidation sites excluding steroid dienone is 1. The van der Waals surface area contributed by atoms with Gasteiger partial charge in [-0.3, -0.25) is 19.2 Å². The summed E-state index contributed by atoms with van der Waals surface area (Å²) in [5.41, 5.74) is 1.63. The van der Waals surface area contributed by atoms with Crippen molar-refractivity contribution >= 4 is 70.0 Å². The van der Waals surface area contributed by atoms with E-state index in [0.717, 1.165) is 23.3 Å². The van der Waals surface area contributed by atoms with E-state index in [1.165, 1.54) is 4.90 Å². The summed E-state index contributed by atoms with van der Waals surface area (Å²) in [6.07, 6.45) is 4.11. The maximum atomic E-state index is 13.4. The highest BCUT2D eigenvalue weighted by atomic mass is 35.5. The second kappa shape index (κ2) is 21.9. The smallest absolute Gasteiger partial charge is 0.325 e. The topological polar surface area (TPSA) is 99.2 Å². The molecule has 0 radical (unpaired) electrons. The van der Waals surface area contributed by atoms with E-state index in [4.69, 9.17) is 60.6 Å². The zero-order valence-electron chi connectivity index (χ0n) is 25.2. The Morgan fingerprint density at radius 1 is 0.933 bits per heavy atom. The van der Waals surface area contributed by atoms with Gasteiger partial charge in [-0.1, -0.05) is 42.5 Å². The van der Waals surface area contributed by atoms with Crippen LogP contribution in [0.3, 0.4) is 0 Å². The van der Waals surface area contributed by atoms with Crippen molar-refractivity contribution in [2.75, 3.05) is 37.2 Å². The van der Waals surface area contributed by atoms with E-state index in [0.29, 0.717) is 36.2 Å². The molecule has 8 nitrogen and oxygen atoms in total. The average molecular weight is 703 g/mol. The van der Waals surface area contributed by atoms with Gasteiger partial charge in [-0.2, -0.15) is 0 Å². The molecule has 1 saturated heterocycles. The quantitative estimate of drug-likeness (QED) is 0.0947. The summed E-state index contributed by atoms with van der Waals surface area (Å²) < 4.78 is 15.4. The normalized spacial score (nSPS) is 15.2. The molecule has 246 valence electrons. The molecule has 45 heavy (non-hydrogen) atoms. The fourth-order valence-corrected chi connectivity index (χ4v) is 5.02. The molecule has 2 aromatic carbocycles. The third-order valence-corrected chi connectivity index (χ3v) is 7.67. The molecule has 2 unspecified atom stereocenters. The summed E-state index contributed by atoms with van der Waals surface area (Å²) in [5.74, 6) is 0.504. The molecule has 0 N–H and O–H groups in total. The van der Waals surface area contributed by atoms with E-state index in [-0.39, 0.29) is 56.1 Å². The Morgan fingerprint density at radius 2 is 1.64 bits per heavy atom. The molecule has 0 aliphatic carbocycles. The highest BCUT2D eigenvalue weighted by Gasteiger charge is 2.36. The first-order valence-electron chi connectivity index (χ1n) is 14.6. The van der Waals surface area contributed by atoms with Crippen LogP contribution in [0, 0.1) is 11.8 Å². The van der Waals surface area contributed by atoms with Crippen molar-refractivity contribution in [3.05, 3.63) is 77.6 Å². The number of amides is 1. The van der Waals surface area contributed by atoms with Gasteiger partial charge in [0.1, 0.15) is 36.4 Å². The minimum atomic E-state index is -0.925. The molecular formula is C33H39Cl4NO7.